The van der Waals surface area contributed by atoms with Gasteiger partial charge in [-0.15, -0.1) is 0 Å². The highest BCUT2D eigenvalue weighted by molar-refractivity contribution is 5.77. The molecule has 0 aromatic heterocycles. The van der Waals surface area contributed by atoms with Crippen LogP contribution in [0.3, 0.4) is 0 Å². The molecule has 1 aliphatic rings. The van der Waals surface area contributed by atoms with Gasteiger partial charge in [-0.1, -0.05) is 6.07 Å². The number of nitrogens with zero attached hydrogens (tertiary/aromatic N) is 2. The van der Waals surface area contributed by atoms with Gasteiger partial charge in [0, 0.05) is 25.1 Å². The number of piperidine rings is 1. The van der Waals surface area contributed by atoms with Gasteiger partial charge in [-0.05, 0) is 24.5 Å². The lowest BCUT2D eigenvalue weighted by molar-refractivity contribution is -0.384. The van der Waals surface area contributed by atoms with Crippen LogP contribution < -0.4 is 10.6 Å². The Kier molecular flexibility index (Phi) is 4.19. The van der Waals surface area contributed by atoms with Gasteiger partial charge in [0.05, 0.1) is 11.5 Å². The molecule has 1 aromatic carbocycles. The Bertz CT molecular complexity index is 524. The summed E-state index contributed by atoms with van der Waals surface area (Å²) in [5, 5.41) is 20.2. The van der Waals surface area contributed by atoms with E-state index in [1.54, 1.807) is 12.1 Å². The molecule has 0 spiro atoms. The van der Waals surface area contributed by atoms with Crippen LogP contribution in [0.5, 0.6) is 0 Å². The van der Waals surface area contributed by atoms with Crippen LogP contribution in [0.15, 0.2) is 18.2 Å². The highest BCUT2D eigenvalue weighted by Gasteiger charge is 2.27. The molecule has 0 aliphatic carbocycles. The van der Waals surface area contributed by atoms with Gasteiger partial charge in [0.2, 0.25) is 5.91 Å². The predicted molar refractivity (Wildman–Crippen MR) is 73.2 cm³/mol. The highest BCUT2D eigenvalue weighted by atomic mass is 16.6. The fraction of sp³-hybridized carbons (Fsp3) is 0.462. The second-order valence-corrected chi connectivity index (χ2v) is 4.90. The lowest BCUT2D eigenvalue weighted by Crippen LogP contribution is -2.38. The van der Waals surface area contributed by atoms with Crippen molar-refractivity contribution in [3.8, 4) is 0 Å². The number of benzene rings is 1. The summed E-state index contributed by atoms with van der Waals surface area (Å²) in [7, 11) is 0. The number of primary amides is 1. The van der Waals surface area contributed by atoms with Gasteiger partial charge in [0.15, 0.2) is 0 Å². The fourth-order valence-corrected chi connectivity index (χ4v) is 2.49. The van der Waals surface area contributed by atoms with Crippen molar-refractivity contribution in [1.82, 2.24) is 0 Å². The summed E-state index contributed by atoms with van der Waals surface area (Å²) in [4.78, 5) is 23.7. The van der Waals surface area contributed by atoms with E-state index in [2.05, 4.69) is 0 Å². The number of rotatable bonds is 4. The van der Waals surface area contributed by atoms with Crippen molar-refractivity contribution in [3.63, 3.8) is 0 Å². The number of carbonyl (C=O) groups is 1. The molecule has 2 rings (SSSR count). The predicted octanol–water partition coefficient (Wildman–Crippen LogP) is 0.789. The molecule has 1 aromatic rings. The summed E-state index contributed by atoms with van der Waals surface area (Å²) in [5.74, 6) is -0.461. The highest BCUT2D eigenvalue weighted by Crippen LogP contribution is 2.32. The van der Waals surface area contributed by atoms with Crippen LogP contribution in [0.25, 0.3) is 0 Å². The molecule has 7 nitrogen and oxygen atoms in total. The van der Waals surface area contributed by atoms with Gasteiger partial charge in [-0.3, -0.25) is 14.9 Å². The van der Waals surface area contributed by atoms with Crippen LogP contribution in [0.4, 0.5) is 11.4 Å². The summed E-state index contributed by atoms with van der Waals surface area (Å²) in [6, 6.07) is 4.70. The zero-order valence-corrected chi connectivity index (χ0v) is 11.0. The summed E-state index contributed by atoms with van der Waals surface area (Å²) in [5.41, 5.74) is 6.28. The van der Waals surface area contributed by atoms with Crippen LogP contribution in [0.1, 0.15) is 18.4 Å². The molecule has 0 unspecified atom stereocenters. The smallest absolute Gasteiger partial charge is 0.292 e. The number of aliphatic hydroxyl groups excluding tert-OH is 1. The van der Waals surface area contributed by atoms with Gasteiger partial charge < -0.3 is 15.7 Å². The average Bonchev–Trinajstić information content (AvgIpc) is 2.46. The Morgan fingerprint density at radius 1 is 1.45 bits per heavy atom. The number of nitrogens with two attached hydrogens (primary N) is 1. The molecule has 1 heterocycles. The molecule has 0 radical (unpaired) electrons. The quantitative estimate of drug-likeness (QED) is 0.625. The first-order chi connectivity index (χ1) is 9.52. The molecule has 20 heavy (non-hydrogen) atoms. The average molecular weight is 279 g/mol. The number of hydrogen-bond acceptors (Lipinski definition) is 5. The second-order valence-electron chi connectivity index (χ2n) is 4.90. The maximum absolute atomic E-state index is 11.1. The number of carbonyl (C=O) groups excluding carboxylic acids is 1. The van der Waals surface area contributed by atoms with E-state index in [0.29, 0.717) is 37.2 Å². The topological polar surface area (TPSA) is 110 Å². The first-order valence-corrected chi connectivity index (χ1v) is 6.45. The number of amides is 1. The van der Waals surface area contributed by atoms with Crippen LogP contribution in [-0.4, -0.2) is 29.0 Å². The number of nitro groups is 1. The molecule has 108 valence electrons. The normalized spacial score (nSPS) is 16.1. The van der Waals surface area contributed by atoms with Crippen LogP contribution in [-0.2, 0) is 11.4 Å². The monoisotopic (exact) mass is 279 g/mol. The molecule has 3 N–H and O–H groups in total. The van der Waals surface area contributed by atoms with Gasteiger partial charge in [0.1, 0.15) is 5.69 Å². The van der Waals surface area contributed by atoms with E-state index in [1.807, 2.05) is 4.90 Å². The zero-order chi connectivity index (χ0) is 14.7. The van der Waals surface area contributed by atoms with E-state index in [-0.39, 0.29) is 24.1 Å². The maximum Gasteiger partial charge on any atom is 0.292 e. The number of hydrogen-bond donors (Lipinski definition) is 2. The van der Waals surface area contributed by atoms with Crippen molar-refractivity contribution in [2.24, 2.45) is 11.7 Å². The third kappa shape index (κ3) is 2.88. The standard InChI is InChI=1S/C13H17N3O4/c14-13(18)10-3-5-15(6-4-10)11-2-1-9(8-17)7-12(11)16(19)20/h1-2,7,10,17H,3-6,8H2,(H2,14,18). The SMILES string of the molecule is NC(=O)C1CCN(c2ccc(CO)cc2[N+](=O)[O-])CC1. The summed E-state index contributed by atoms with van der Waals surface area (Å²) in [6.07, 6.45) is 1.21. The summed E-state index contributed by atoms with van der Waals surface area (Å²) < 4.78 is 0. The van der Waals surface area contributed by atoms with Crippen molar-refractivity contribution in [3.05, 3.63) is 33.9 Å². The third-order valence-electron chi connectivity index (χ3n) is 3.66. The van der Waals surface area contributed by atoms with Gasteiger partial charge in [0.25, 0.3) is 5.69 Å². The Morgan fingerprint density at radius 3 is 2.60 bits per heavy atom. The molecule has 1 aliphatic heterocycles. The summed E-state index contributed by atoms with van der Waals surface area (Å²) >= 11 is 0. The number of anilines is 1. The largest absolute Gasteiger partial charge is 0.392 e. The van der Waals surface area contributed by atoms with Crippen molar-refractivity contribution < 1.29 is 14.8 Å². The van der Waals surface area contributed by atoms with E-state index in [9.17, 15) is 14.9 Å². The molecule has 1 saturated heterocycles. The Hall–Kier alpha value is -2.15. The minimum atomic E-state index is -0.450. The zero-order valence-electron chi connectivity index (χ0n) is 11.0. The van der Waals surface area contributed by atoms with E-state index >= 15 is 0 Å². The Labute approximate surface area is 116 Å². The van der Waals surface area contributed by atoms with E-state index in [4.69, 9.17) is 10.8 Å². The molecule has 1 amide bonds. The van der Waals surface area contributed by atoms with Crippen LogP contribution in [0.2, 0.25) is 0 Å². The summed E-state index contributed by atoms with van der Waals surface area (Å²) in [6.45, 7) is 0.894. The minimum Gasteiger partial charge on any atom is -0.392 e. The molecule has 0 atom stereocenters. The minimum absolute atomic E-state index is 0.0194. The van der Waals surface area contributed by atoms with Crippen LogP contribution in [0, 0.1) is 16.0 Å². The van der Waals surface area contributed by atoms with Crippen molar-refractivity contribution >= 4 is 17.3 Å². The van der Waals surface area contributed by atoms with E-state index in [0.717, 1.165) is 0 Å². The van der Waals surface area contributed by atoms with Crippen molar-refractivity contribution in [2.75, 3.05) is 18.0 Å². The lowest BCUT2D eigenvalue weighted by atomic mass is 9.95. The van der Waals surface area contributed by atoms with Gasteiger partial charge >= 0.3 is 0 Å². The molecule has 1 fully saturated rings. The van der Waals surface area contributed by atoms with E-state index in [1.165, 1.54) is 6.07 Å². The third-order valence-corrected chi connectivity index (χ3v) is 3.66. The molecule has 0 bridgehead atoms. The van der Waals surface area contributed by atoms with Crippen molar-refractivity contribution in [1.29, 1.82) is 0 Å². The molecule has 0 saturated carbocycles. The van der Waals surface area contributed by atoms with Crippen LogP contribution >= 0.6 is 0 Å². The first kappa shape index (κ1) is 14.3. The fourth-order valence-electron chi connectivity index (χ4n) is 2.49. The molecular weight excluding hydrogens is 262 g/mol. The number of aliphatic hydroxyl groups is 1. The van der Waals surface area contributed by atoms with Gasteiger partial charge in [-0.25, -0.2) is 0 Å². The van der Waals surface area contributed by atoms with E-state index < -0.39 is 4.92 Å². The maximum atomic E-state index is 11.1. The van der Waals surface area contributed by atoms with Gasteiger partial charge in [-0.2, -0.15) is 0 Å². The second kappa shape index (κ2) is 5.87. The lowest BCUT2D eigenvalue weighted by Gasteiger charge is -2.32. The number of nitro benzene ring substituents is 1. The molecule has 7 heteroatoms. The molecular formula is C13H17N3O4. The Morgan fingerprint density at radius 2 is 2.10 bits per heavy atom. The van der Waals surface area contributed by atoms with Crippen molar-refractivity contribution in [2.45, 2.75) is 19.4 Å². The first-order valence-electron chi connectivity index (χ1n) is 6.45. The Balaban J connectivity index is 2.21.